The van der Waals surface area contributed by atoms with E-state index in [0.29, 0.717) is 39.7 Å². The molecule has 9 nitrogen and oxygen atoms in total. The fraction of sp³-hybridized carbons (Fsp3) is 0.121. The third-order valence-corrected chi connectivity index (χ3v) is 6.63. The minimum Gasteiger partial charge on any atom is -0.497 e. The molecule has 1 N–H and O–H groups in total. The van der Waals surface area contributed by atoms with E-state index in [1.807, 2.05) is 24.3 Å². The number of fused-ring (bicyclic) bond motifs is 1. The number of ether oxygens (including phenoxy) is 4. The number of amides is 1. The Morgan fingerprint density at radius 3 is 1.98 bits per heavy atom. The van der Waals surface area contributed by atoms with Gasteiger partial charge in [0.2, 0.25) is 5.88 Å². The molecule has 210 valence electrons. The number of nitrogens with one attached hydrogen (secondary N) is 1. The number of hydrogen-bond acceptors (Lipinski definition) is 8. The number of hydrogen-bond donors (Lipinski definition) is 1. The molecule has 42 heavy (non-hydrogen) atoms. The van der Waals surface area contributed by atoms with Crippen molar-refractivity contribution >= 4 is 28.5 Å². The molecule has 1 amide bonds. The van der Waals surface area contributed by atoms with Gasteiger partial charge in [0.1, 0.15) is 40.2 Å². The fourth-order valence-corrected chi connectivity index (χ4v) is 4.52. The number of carbonyl (C=O) groups excluding carboxylic acids is 2. The third kappa shape index (κ3) is 5.60. The number of esters is 1. The summed E-state index contributed by atoms with van der Waals surface area (Å²) in [6.07, 6.45) is 0. The summed E-state index contributed by atoms with van der Waals surface area (Å²) in [5.74, 6) is 0.498. The Kier molecular flexibility index (Phi) is 8.07. The number of anilines is 1. The van der Waals surface area contributed by atoms with E-state index in [4.69, 9.17) is 23.4 Å². The highest BCUT2D eigenvalue weighted by molar-refractivity contribution is 6.01. The molecule has 0 aliphatic carbocycles. The van der Waals surface area contributed by atoms with Gasteiger partial charge in [0.15, 0.2) is 6.61 Å². The minimum absolute atomic E-state index is 0.0709. The molecule has 0 saturated carbocycles. The van der Waals surface area contributed by atoms with Crippen molar-refractivity contribution in [3.8, 4) is 45.8 Å². The van der Waals surface area contributed by atoms with E-state index in [1.165, 1.54) is 7.11 Å². The van der Waals surface area contributed by atoms with Crippen LogP contribution < -0.4 is 19.5 Å². The maximum atomic E-state index is 12.9. The van der Waals surface area contributed by atoms with Crippen molar-refractivity contribution in [1.29, 1.82) is 5.26 Å². The Balaban J connectivity index is 1.42. The standard InChI is InChI=1S/C33H26N2O7/c1-38-24-12-8-20(9-13-24)30-27(18-34)32(42-31(30)21-10-14-25(39-2)15-11-21)35-29(36)19-41-33(37)26-16-22-6-4-5-7-23(22)17-28(26)40-3/h4-17H,19H2,1-3H3,(H,35,36). The van der Waals surface area contributed by atoms with Crippen LogP contribution >= 0.6 is 0 Å². The molecule has 5 rings (SSSR count). The molecular formula is C33H26N2O7. The summed E-state index contributed by atoms with van der Waals surface area (Å²) in [6, 6.07) is 27.2. The zero-order chi connectivity index (χ0) is 29.6. The molecule has 0 atom stereocenters. The molecule has 4 aromatic carbocycles. The van der Waals surface area contributed by atoms with Crippen molar-refractivity contribution < 1.29 is 33.0 Å². The predicted molar refractivity (Wildman–Crippen MR) is 157 cm³/mol. The second kappa shape index (κ2) is 12.2. The van der Waals surface area contributed by atoms with Crippen molar-refractivity contribution in [2.75, 3.05) is 33.3 Å². The lowest BCUT2D eigenvalue weighted by atomic mass is 9.98. The average molecular weight is 563 g/mol. The van der Waals surface area contributed by atoms with Gasteiger partial charge in [0, 0.05) is 11.1 Å². The van der Waals surface area contributed by atoms with Gasteiger partial charge in [0.25, 0.3) is 5.91 Å². The van der Waals surface area contributed by atoms with Crippen molar-refractivity contribution in [3.63, 3.8) is 0 Å². The molecule has 0 saturated heterocycles. The first-order chi connectivity index (χ1) is 20.4. The van der Waals surface area contributed by atoms with Crippen LogP contribution in [-0.2, 0) is 9.53 Å². The number of carbonyl (C=O) groups is 2. The van der Waals surface area contributed by atoms with Crippen LogP contribution in [0.4, 0.5) is 5.88 Å². The van der Waals surface area contributed by atoms with Gasteiger partial charge in [0.05, 0.1) is 21.3 Å². The number of methoxy groups -OCH3 is 3. The van der Waals surface area contributed by atoms with E-state index in [0.717, 1.165) is 10.8 Å². The first-order valence-corrected chi connectivity index (χ1v) is 12.8. The smallest absolute Gasteiger partial charge is 0.342 e. The lowest BCUT2D eigenvalue weighted by molar-refractivity contribution is -0.119. The van der Waals surface area contributed by atoms with Crippen LogP contribution in [0.5, 0.6) is 17.2 Å². The van der Waals surface area contributed by atoms with Gasteiger partial charge in [-0.3, -0.25) is 10.1 Å². The van der Waals surface area contributed by atoms with E-state index in [2.05, 4.69) is 11.4 Å². The summed E-state index contributed by atoms with van der Waals surface area (Å²) < 4.78 is 27.3. The number of benzene rings is 4. The van der Waals surface area contributed by atoms with Gasteiger partial charge in [-0.2, -0.15) is 5.26 Å². The van der Waals surface area contributed by atoms with Crippen molar-refractivity contribution in [3.05, 3.63) is 96.1 Å². The molecule has 1 heterocycles. The maximum Gasteiger partial charge on any atom is 0.342 e. The summed E-state index contributed by atoms with van der Waals surface area (Å²) in [5, 5.41) is 14.4. The Morgan fingerprint density at radius 2 is 1.40 bits per heavy atom. The quantitative estimate of drug-likeness (QED) is 0.203. The Morgan fingerprint density at radius 1 is 0.810 bits per heavy atom. The largest absolute Gasteiger partial charge is 0.497 e. The van der Waals surface area contributed by atoms with Crippen LogP contribution in [-0.4, -0.2) is 39.8 Å². The predicted octanol–water partition coefficient (Wildman–Crippen LogP) is 6.46. The highest BCUT2D eigenvalue weighted by Gasteiger charge is 2.25. The van der Waals surface area contributed by atoms with Gasteiger partial charge in [-0.15, -0.1) is 0 Å². The third-order valence-electron chi connectivity index (χ3n) is 6.63. The summed E-state index contributed by atoms with van der Waals surface area (Å²) >= 11 is 0. The number of nitriles is 1. The number of nitrogens with zero attached hydrogens (tertiary/aromatic N) is 1. The van der Waals surface area contributed by atoms with Crippen molar-refractivity contribution in [1.82, 2.24) is 0 Å². The monoisotopic (exact) mass is 562 g/mol. The van der Waals surface area contributed by atoms with E-state index < -0.39 is 18.5 Å². The molecule has 0 fully saturated rings. The SMILES string of the molecule is COc1ccc(-c2oc(NC(=O)COC(=O)c3cc4ccccc4cc3OC)c(C#N)c2-c2ccc(OC)cc2)cc1. The van der Waals surface area contributed by atoms with Gasteiger partial charge in [-0.05, 0) is 64.9 Å². The molecule has 9 heteroatoms. The molecule has 5 aromatic rings. The molecule has 0 aliphatic heterocycles. The molecule has 0 bridgehead atoms. The molecule has 0 spiro atoms. The highest BCUT2D eigenvalue weighted by atomic mass is 16.5. The minimum atomic E-state index is -0.731. The molecule has 0 unspecified atom stereocenters. The van der Waals surface area contributed by atoms with Crippen LogP contribution in [0.1, 0.15) is 15.9 Å². The Hall–Kier alpha value is -5.75. The van der Waals surface area contributed by atoms with Gasteiger partial charge < -0.3 is 23.4 Å². The van der Waals surface area contributed by atoms with Gasteiger partial charge >= 0.3 is 5.97 Å². The Bertz CT molecular complexity index is 1800. The van der Waals surface area contributed by atoms with Crippen LogP contribution in [0, 0.1) is 11.3 Å². The molecule has 0 aliphatic rings. The second-order valence-electron chi connectivity index (χ2n) is 9.10. The lowest BCUT2D eigenvalue weighted by Gasteiger charge is -2.10. The highest BCUT2D eigenvalue weighted by Crippen LogP contribution is 2.42. The van der Waals surface area contributed by atoms with E-state index in [9.17, 15) is 14.9 Å². The van der Waals surface area contributed by atoms with Gasteiger partial charge in [-0.1, -0.05) is 36.4 Å². The Labute approximate surface area is 241 Å². The first-order valence-electron chi connectivity index (χ1n) is 12.8. The average Bonchev–Trinajstić information content (AvgIpc) is 3.40. The maximum absolute atomic E-state index is 12.9. The van der Waals surface area contributed by atoms with Crippen molar-refractivity contribution in [2.45, 2.75) is 0 Å². The summed E-state index contributed by atoms with van der Waals surface area (Å²) in [7, 11) is 4.58. The van der Waals surface area contributed by atoms with E-state index in [1.54, 1.807) is 74.9 Å². The second-order valence-corrected chi connectivity index (χ2v) is 9.10. The zero-order valence-electron chi connectivity index (χ0n) is 23.1. The summed E-state index contributed by atoms with van der Waals surface area (Å²) in [4.78, 5) is 25.8. The molecule has 1 aromatic heterocycles. The van der Waals surface area contributed by atoms with E-state index >= 15 is 0 Å². The topological polar surface area (TPSA) is 120 Å². The normalized spacial score (nSPS) is 10.5. The fourth-order valence-electron chi connectivity index (χ4n) is 4.52. The lowest BCUT2D eigenvalue weighted by Crippen LogP contribution is -2.21. The van der Waals surface area contributed by atoms with Gasteiger partial charge in [-0.25, -0.2) is 4.79 Å². The summed E-state index contributed by atoms with van der Waals surface area (Å²) in [5.41, 5.74) is 2.12. The number of furan rings is 1. The van der Waals surface area contributed by atoms with Crippen LogP contribution in [0.25, 0.3) is 33.2 Å². The first kappa shape index (κ1) is 27.8. The van der Waals surface area contributed by atoms with Crippen LogP contribution in [0.3, 0.4) is 0 Å². The van der Waals surface area contributed by atoms with Crippen molar-refractivity contribution in [2.24, 2.45) is 0 Å². The molecule has 0 radical (unpaired) electrons. The summed E-state index contributed by atoms with van der Waals surface area (Å²) in [6.45, 7) is -0.615. The van der Waals surface area contributed by atoms with E-state index in [-0.39, 0.29) is 17.0 Å². The zero-order valence-corrected chi connectivity index (χ0v) is 23.1. The van der Waals surface area contributed by atoms with Crippen LogP contribution in [0.2, 0.25) is 0 Å². The van der Waals surface area contributed by atoms with Crippen LogP contribution in [0.15, 0.2) is 89.3 Å². The number of rotatable bonds is 9. The molecular weight excluding hydrogens is 536 g/mol.